The summed E-state index contributed by atoms with van der Waals surface area (Å²) in [6.45, 7) is 6.62. The highest BCUT2D eigenvalue weighted by Crippen LogP contribution is 2.19. The zero-order chi connectivity index (χ0) is 14.3. The predicted molar refractivity (Wildman–Crippen MR) is 80.8 cm³/mol. The fourth-order valence-electron chi connectivity index (χ4n) is 2.49. The van der Waals surface area contributed by atoms with E-state index in [1.165, 1.54) is 5.56 Å². The van der Waals surface area contributed by atoms with Gasteiger partial charge >= 0.3 is 0 Å². The van der Waals surface area contributed by atoms with Crippen LogP contribution in [0.5, 0.6) is 0 Å². The first-order valence-electron chi connectivity index (χ1n) is 7.37. The smallest absolute Gasteiger partial charge is 0.0710 e. The third-order valence-electron chi connectivity index (χ3n) is 3.69. The van der Waals surface area contributed by atoms with Gasteiger partial charge in [-0.1, -0.05) is 0 Å². The molecule has 0 amide bonds. The van der Waals surface area contributed by atoms with E-state index in [-0.39, 0.29) is 0 Å². The Balaban J connectivity index is 1.49. The highest BCUT2D eigenvalue weighted by Gasteiger charge is 2.10. The van der Waals surface area contributed by atoms with E-state index < -0.39 is 0 Å². The van der Waals surface area contributed by atoms with Crippen LogP contribution in [-0.4, -0.2) is 59.5 Å². The topological polar surface area (TPSA) is 66.1 Å². The molecule has 1 saturated heterocycles. The van der Waals surface area contributed by atoms with Crippen molar-refractivity contribution in [3.63, 3.8) is 0 Å². The molecular formula is C15H21N5O. The molecule has 1 aliphatic heterocycles. The first-order chi connectivity index (χ1) is 10.4. The summed E-state index contributed by atoms with van der Waals surface area (Å²) < 4.78 is 5.35. The molecular weight excluding hydrogens is 266 g/mol. The minimum Gasteiger partial charge on any atom is -0.379 e. The molecule has 0 aromatic carbocycles. The quantitative estimate of drug-likeness (QED) is 0.773. The SMILES string of the molecule is c1cncc(-c2[nH]ncc2CNCCN2CCOCC2)c1. The van der Waals surface area contributed by atoms with E-state index in [2.05, 4.69) is 25.4 Å². The molecule has 0 unspecified atom stereocenters. The first-order valence-corrected chi connectivity index (χ1v) is 7.37. The van der Waals surface area contributed by atoms with Gasteiger partial charge < -0.3 is 10.1 Å². The summed E-state index contributed by atoms with van der Waals surface area (Å²) in [7, 11) is 0. The van der Waals surface area contributed by atoms with Crippen LogP contribution in [0.15, 0.2) is 30.7 Å². The lowest BCUT2D eigenvalue weighted by atomic mass is 10.1. The highest BCUT2D eigenvalue weighted by molar-refractivity contribution is 5.61. The number of hydrogen-bond acceptors (Lipinski definition) is 5. The second-order valence-corrected chi connectivity index (χ2v) is 5.14. The number of rotatable bonds is 6. The lowest BCUT2D eigenvalue weighted by Crippen LogP contribution is -2.40. The summed E-state index contributed by atoms with van der Waals surface area (Å²) >= 11 is 0. The molecule has 0 aliphatic carbocycles. The number of pyridine rings is 1. The summed E-state index contributed by atoms with van der Waals surface area (Å²) in [5.41, 5.74) is 3.28. The standard InChI is InChI=1S/C15H21N5O/c1-2-13(10-16-3-1)15-14(12-18-19-15)11-17-4-5-20-6-8-21-9-7-20/h1-3,10,12,17H,4-9,11H2,(H,18,19). The molecule has 2 N–H and O–H groups in total. The zero-order valence-electron chi connectivity index (χ0n) is 12.1. The number of H-pyrrole nitrogens is 1. The molecule has 112 valence electrons. The van der Waals surface area contributed by atoms with Crippen LogP contribution in [0.3, 0.4) is 0 Å². The largest absolute Gasteiger partial charge is 0.379 e. The van der Waals surface area contributed by atoms with Crippen LogP contribution in [0.4, 0.5) is 0 Å². The number of nitrogens with zero attached hydrogens (tertiary/aromatic N) is 3. The maximum atomic E-state index is 5.35. The third-order valence-corrected chi connectivity index (χ3v) is 3.69. The summed E-state index contributed by atoms with van der Waals surface area (Å²) in [6, 6.07) is 3.98. The van der Waals surface area contributed by atoms with Crippen LogP contribution in [0.2, 0.25) is 0 Å². The predicted octanol–water partition coefficient (Wildman–Crippen LogP) is 0.893. The molecule has 1 fully saturated rings. The average molecular weight is 287 g/mol. The lowest BCUT2D eigenvalue weighted by Gasteiger charge is -2.26. The summed E-state index contributed by atoms with van der Waals surface area (Å²) in [6.07, 6.45) is 5.51. The van der Waals surface area contributed by atoms with Gasteiger partial charge in [0.2, 0.25) is 0 Å². The molecule has 0 atom stereocenters. The maximum absolute atomic E-state index is 5.35. The van der Waals surface area contributed by atoms with Gasteiger partial charge in [-0.15, -0.1) is 0 Å². The van der Waals surface area contributed by atoms with Crippen LogP contribution in [0, 0.1) is 0 Å². The Kier molecular flexibility index (Phi) is 4.94. The second kappa shape index (κ2) is 7.31. The molecule has 21 heavy (non-hydrogen) atoms. The summed E-state index contributed by atoms with van der Waals surface area (Å²) in [5.74, 6) is 0. The summed E-state index contributed by atoms with van der Waals surface area (Å²) in [4.78, 5) is 6.58. The molecule has 0 saturated carbocycles. The van der Waals surface area contributed by atoms with Gasteiger partial charge in [0.25, 0.3) is 0 Å². The molecule has 3 heterocycles. The molecule has 0 bridgehead atoms. The van der Waals surface area contributed by atoms with Gasteiger partial charge in [0.15, 0.2) is 0 Å². The van der Waals surface area contributed by atoms with E-state index in [0.717, 1.165) is 57.2 Å². The zero-order valence-corrected chi connectivity index (χ0v) is 12.1. The maximum Gasteiger partial charge on any atom is 0.0710 e. The number of nitrogens with one attached hydrogen (secondary N) is 2. The molecule has 2 aromatic heterocycles. The van der Waals surface area contributed by atoms with Crippen LogP contribution < -0.4 is 5.32 Å². The molecule has 6 nitrogen and oxygen atoms in total. The van der Waals surface area contributed by atoms with Crippen molar-refractivity contribution in [2.45, 2.75) is 6.54 Å². The molecule has 0 radical (unpaired) electrons. The van der Waals surface area contributed by atoms with Gasteiger partial charge in [0.05, 0.1) is 25.1 Å². The van der Waals surface area contributed by atoms with Crippen molar-refractivity contribution in [1.82, 2.24) is 25.4 Å². The number of aromatic amines is 1. The Hall–Kier alpha value is -1.76. The third kappa shape index (κ3) is 3.87. The van der Waals surface area contributed by atoms with Crippen molar-refractivity contribution in [1.29, 1.82) is 0 Å². The number of aromatic nitrogens is 3. The second-order valence-electron chi connectivity index (χ2n) is 5.14. The Morgan fingerprint density at radius 1 is 1.29 bits per heavy atom. The minimum atomic E-state index is 0.811. The van der Waals surface area contributed by atoms with Crippen molar-refractivity contribution in [3.05, 3.63) is 36.3 Å². The summed E-state index contributed by atoms with van der Waals surface area (Å²) in [5, 5.41) is 10.7. The van der Waals surface area contributed by atoms with Crippen molar-refractivity contribution < 1.29 is 4.74 Å². The Bertz CT molecular complexity index is 536. The number of hydrogen-bond donors (Lipinski definition) is 2. The Labute approximate surface area is 124 Å². The molecule has 2 aromatic rings. The Morgan fingerprint density at radius 3 is 3.00 bits per heavy atom. The van der Waals surface area contributed by atoms with Gasteiger partial charge in [-0.05, 0) is 12.1 Å². The van der Waals surface area contributed by atoms with Crippen LogP contribution in [-0.2, 0) is 11.3 Å². The van der Waals surface area contributed by atoms with Crippen LogP contribution in [0.25, 0.3) is 11.3 Å². The van der Waals surface area contributed by atoms with E-state index >= 15 is 0 Å². The molecule has 6 heteroatoms. The molecule has 0 spiro atoms. The van der Waals surface area contributed by atoms with Crippen molar-refractivity contribution in [2.75, 3.05) is 39.4 Å². The van der Waals surface area contributed by atoms with Crippen LogP contribution in [0.1, 0.15) is 5.56 Å². The van der Waals surface area contributed by atoms with E-state index in [1.54, 1.807) is 6.20 Å². The number of morpholine rings is 1. The Morgan fingerprint density at radius 2 is 2.19 bits per heavy atom. The monoisotopic (exact) mass is 287 g/mol. The average Bonchev–Trinajstić information content (AvgIpc) is 3.02. The minimum absolute atomic E-state index is 0.811. The van der Waals surface area contributed by atoms with E-state index in [1.807, 2.05) is 24.5 Å². The van der Waals surface area contributed by atoms with Crippen molar-refractivity contribution in [3.8, 4) is 11.3 Å². The van der Waals surface area contributed by atoms with E-state index in [0.29, 0.717) is 0 Å². The highest BCUT2D eigenvalue weighted by atomic mass is 16.5. The van der Waals surface area contributed by atoms with Gasteiger partial charge in [-0.2, -0.15) is 5.10 Å². The van der Waals surface area contributed by atoms with Gasteiger partial charge in [-0.3, -0.25) is 15.0 Å². The molecule has 3 rings (SSSR count). The molecule has 1 aliphatic rings. The van der Waals surface area contributed by atoms with Gasteiger partial charge in [0.1, 0.15) is 0 Å². The first kappa shape index (κ1) is 14.2. The van der Waals surface area contributed by atoms with Crippen LogP contribution >= 0.6 is 0 Å². The van der Waals surface area contributed by atoms with Gasteiger partial charge in [0, 0.05) is 56.2 Å². The normalized spacial score (nSPS) is 16.2. The number of ether oxygens (including phenoxy) is 1. The van der Waals surface area contributed by atoms with E-state index in [9.17, 15) is 0 Å². The fourth-order valence-corrected chi connectivity index (χ4v) is 2.49. The lowest BCUT2D eigenvalue weighted by molar-refractivity contribution is 0.0384. The van der Waals surface area contributed by atoms with Crippen molar-refractivity contribution in [2.24, 2.45) is 0 Å². The van der Waals surface area contributed by atoms with Crippen molar-refractivity contribution >= 4 is 0 Å². The fraction of sp³-hybridized carbons (Fsp3) is 0.467. The van der Waals surface area contributed by atoms with E-state index in [4.69, 9.17) is 4.74 Å². The van der Waals surface area contributed by atoms with Gasteiger partial charge in [-0.25, -0.2) is 0 Å².